The first-order chi connectivity index (χ1) is 10.6. The summed E-state index contributed by atoms with van der Waals surface area (Å²) in [6.07, 6.45) is 1.18. The van der Waals surface area contributed by atoms with Gasteiger partial charge < -0.3 is 9.67 Å². The first-order valence-electron chi connectivity index (χ1n) is 7.34. The van der Waals surface area contributed by atoms with E-state index in [1.807, 2.05) is 41.6 Å². The molecular weight excluding hydrogens is 294 g/mol. The van der Waals surface area contributed by atoms with Gasteiger partial charge in [-0.15, -0.1) is 11.8 Å². The lowest BCUT2D eigenvalue weighted by Gasteiger charge is -2.07. The molecule has 4 nitrogen and oxygen atoms in total. The molecule has 0 aliphatic rings. The van der Waals surface area contributed by atoms with Gasteiger partial charge in [-0.3, -0.25) is 0 Å². The van der Waals surface area contributed by atoms with Gasteiger partial charge in [0.2, 0.25) is 0 Å². The van der Waals surface area contributed by atoms with Gasteiger partial charge in [-0.25, -0.2) is 9.97 Å². The van der Waals surface area contributed by atoms with Gasteiger partial charge in [-0.05, 0) is 24.8 Å². The third kappa shape index (κ3) is 2.62. The third-order valence-electron chi connectivity index (χ3n) is 3.64. The summed E-state index contributed by atoms with van der Waals surface area (Å²) in [5.74, 6) is 1.92. The number of aromatic nitrogens is 3. The van der Waals surface area contributed by atoms with Crippen LogP contribution in [0.4, 0.5) is 0 Å². The molecule has 0 saturated heterocycles. The maximum Gasteiger partial charge on any atom is 0.160 e. The van der Waals surface area contributed by atoms with Crippen molar-refractivity contribution in [3.05, 3.63) is 42.1 Å². The summed E-state index contributed by atoms with van der Waals surface area (Å²) in [5, 5.41) is 9.71. The number of aliphatic hydroxyl groups is 1. The van der Waals surface area contributed by atoms with Gasteiger partial charge in [0.25, 0.3) is 0 Å². The first-order valence-corrected chi connectivity index (χ1v) is 8.33. The zero-order valence-electron chi connectivity index (χ0n) is 12.9. The second-order valence-electron chi connectivity index (χ2n) is 5.21. The predicted octanol–water partition coefficient (Wildman–Crippen LogP) is 3.80. The Morgan fingerprint density at radius 1 is 1.32 bits per heavy atom. The number of hydrogen-bond donors (Lipinski definition) is 1. The standard InChI is InChI=1S/C17H19N3OS/c1-4-22-15-8-6-5-7-13(15)16-19-14-9-12(11(2)21)10-18-17(14)20(16)3/h5-11,21H,4H2,1-3H3. The Bertz CT molecular complexity index is 811. The lowest BCUT2D eigenvalue weighted by Crippen LogP contribution is -1.96. The minimum absolute atomic E-state index is 0.537. The minimum Gasteiger partial charge on any atom is -0.389 e. The topological polar surface area (TPSA) is 50.9 Å². The van der Waals surface area contributed by atoms with Crippen LogP contribution in [-0.4, -0.2) is 25.4 Å². The molecule has 5 heteroatoms. The molecule has 3 aromatic rings. The molecule has 0 saturated carbocycles. The molecule has 1 aromatic carbocycles. The molecule has 0 aliphatic carbocycles. The molecule has 0 spiro atoms. The maximum absolute atomic E-state index is 9.71. The summed E-state index contributed by atoms with van der Waals surface area (Å²) < 4.78 is 2.01. The Hall–Kier alpha value is -1.85. The van der Waals surface area contributed by atoms with E-state index < -0.39 is 6.10 Å². The molecule has 114 valence electrons. The number of thioether (sulfide) groups is 1. The number of rotatable bonds is 4. The summed E-state index contributed by atoms with van der Waals surface area (Å²) in [5.41, 5.74) is 3.55. The highest BCUT2D eigenvalue weighted by molar-refractivity contribution is 7.99. The number of nitrogens with zero attached hydrogens (tertiary/aromatic N) is 3. The first kappa shape index (κ1) is 15.1. The van der Waals surface area contributed by atoms with E-state index in [1.165, 1.54) is 4.90 Å². The largest absolute Gasteiger partial charge is 0.389 e. The molecule has 22 heavy (non-hydrogen) atoms. The van der Waals surface area contributed by atoms with Crippen molar-refractivity contribution in [1.29, 1.82) is 0 Å². The van der Waals surface area contributed by atoms with Crippen LogP contribution in [0.5, 0.6) is 0 Å². The average molecular weight is 313 g/mol. The number of pyridine rings is 1. The van der Waals surface area contributed by atoms with E-state index in [0.717, 1.165) is 33.9 Å². The number of aryl methyl sites for hydroxylation is 1. The van der Waals surface area contributed by atoms with Gasteiger partial charge in [-0.2, -0.15) is 0 Å². The van der Waals surface area contributed by atoms with Gasteiger partial charge in [0, 0.05) is 29.3 Å². The highest BCUT2D eigenvalue weighted by Gasteiger charge is 2.15. The van der Waals surface area contributed by atoms with Crippen molar-refractivity contribution < 1.29 is 5.11 Å². The Kier molecular flexibility index (Phi) is 4.18. The van der Waals surface area contributed by atoms with Crippen LogP contribution < -0.4 is 0 Å². The fourth-order valence-corrected chi connectivity index (χ4v) is 3.29. The lowest BCUT2D eigenvalue weighted by molar-refractivity contribution is 0.199. The zero-order chi connectivity index (χ0) is 15.7. The summed E-state index contributed by atoms with van der Waals surface area (Å²) >= 11 is 1.81. The number of aliphatic hydroxyl groups excluding tert-OH is 1. The van der Waals surface area contributed by atoms with E-state index >= 15 is 0 Å². The van der Waals surface area contributed by atoms with Crippen molar-refractivity contribution in [3.8, 4) is 11.4 Å². The molecule has 0 radical (unpaired) electrons. The van der Waals surface area contributed by atoms with Crippen LogP contribution in [0, 0.1) is 0 Å². The Balaban J connectivity index is 2.17. The summed E-state index contributed by atoms with van der Waals surface area (Å²) in [4.78, 5) is 10.4. The van der Waals surface area contributed by atoms with E-state index in [-0.39, 0.29) is 0 Å². The van der Waals surface area contributed by atoms with E-state index in [1.54, 1.807) is 13.1 Å². The van der Waals surface area contributed by atoms with E-state index in [2.05, 4.69) is 24.0 Å². The molecular formula is C17H19N3OS. The molecule has 0 bridgehead atoms. The fraction of sp³-hybridized carbons (Fsp3) is 0.294. The fourth-order valence-electron chi connectivity index (χ4n) is 2.49. The Labute approximate surface area is 134 Å². The van der Waals surface area contributed by atoms with E-state index in [4.69, 9.17) is 4.98 Å². The third-order valence-corrected chi connectivity index (χ3v) is 4.60. The summed E-state index contributed by atoms with van der Waals surface area (Å²) in [6.45, 7) is 3.88. The van der Waals surface area contributed by atoms with Gasteiger partial charge >= 0.3 is 0 Å². The van der Waals surface area contributed by atoms with E-state index in [0.29, 0.717) is 0 Å². The molecule has 1 atom stereocenters. The van der Waals surface area contributed by atoms with Crippen molar-refractivity contribution in [1.82, 2.24) is 14.5 Å². The SMILES string of the molecule is CCSc1ccccc1-c1nc2cc(C(C)O)cnc2n1C. The second kappa shape index (κ2) is 6.10. The maximum atomic E-state index is 9.71. The van der Waals surface area contributed by atoms with Crippen LogP contribution in [-0.2, 0) is 7.05 Å². The van der Waals surface area contributed by atoms with Crippen LogP contribution in [0.25, 0.3) is 22.6 Å². The number of benzene rings is 1. The highest BCUT2D eigenvalue weighted by atomic mass is 32.2. The highest BCUT2D eigenvalue weighted by Crippen LogP contribution is 2.32. The molecule has 0 aliphatic heterocycles. The summed E-state index contributed by atoms with van der Waals surface area (Å²) in [7, 11) is 1.98. The van der Waals surface area contributed by atoms with Crippen LogP contribution in [0.1, 0.15) is 25.5 Å². The predicted molar refractivity (Wildman–Crippen MR) is 91.0 cm³/mol. The van der Waals surface area contributed by atoms with Gasteiger partial charge in [-0.1, -0.05) is 25.1 Å². The van der Waals surface area contributed by atoms with Crippen LogP contribution in [0.15, 0.2) is 41.4 Å². The van der Waals surface area contributed by atoms with E-state index in [9.17, 15) is 5.11 Å². The Morgan fingerprint density at radius 3 is 2.82 bits per heavy atom. The lowest BCUT2D eigenvalue weighted by atomic mass is 10.2. The second-order valence-corrected chi connectivity index (χ2v) is 6.52. The van der Waals surface area contributed by atoms with Gasteiger partial charge in [0.1, 0.15) is 11.3 Å². The van der Waals surface area contributed by atoms with Gasteiger partial charge in [0.05, 0.1) is 6.10 Å². The molecule has 3 rings (SSSR count). The van der Waals surface area contributed by atoms with Crippen molar-refractivity contribution >= 4 is 22.9 Å². The number of hydrogen-bond acceptors (Lipinski definition) is 4. The summed E-state index contributed by atoms with van der Waals surface area (Å²) in [6, 6.07) is 10.2. The zero-order valence-corrected chi connectivity index (χ0v) is 13.8. The molecule has 1 N–H and O–H groups in total. The minimum atomic E-state index is -0.537. The molecule has 0 amide bonds. The van der Waals surface area contributed by atoms with Crippen molar-refractivity contribution in [2.24, 2.45) is 7.05 Å². The number of imidazole rings is 1. The van der Waals surface area contributed by atoms with Crippen molar-refractivity contribution in [3.63, 3.8) is 0 Å². The quantitative estimate of drug-likeness (QED) is 0.744. The molecule has 2 aromatic heterocycles. The van der Waals surface area contributed by atoms with Crippen molar-refractivity contribution in [2.45, 2.75) is 24.8 Å². The van der Waals surface area contributed by atoms with Crippen LogP contribution in [0.3, 0.4) is 0 Å². The van der Waals surface area contributed by atoms with Crippen molar-refractivity contribution in [2.75, 3.05) is 5.75 Å². The Morgan fingerprint density at radius 2 is 2.09 bits per heavy atom. The molecule has 0 fully saturated rings. The van der Waals surface area contributed by atoms with Gasteiger partial charge in [0.15, 0.2) is 5.65 Å². The molecule has 2 heterocycles. The number of fused-ring (bicyclic) bond motifs is 1. The average Bonchev–Trinajstić information content (AvgIpc) is 2.84. The van der Waals surface area contributed by atoms with Crippen LogP contribution in [0.2, 0.25) is 0 Å². The van der Waals surface area contributed by atoms with Crippen LogP contribution >= 0.6 is 11.8 Å². The normalized spacial score (nSPS) is 12.7. The molecule has 1 unspecified atom stereocenters. The smallest absolute Gasteiger partial charge is 0.160 e. The monoisotopic (exact) mass is 313 g/mol.